The molecular formula is C94H174CaO6S2. The van der Waals surface area contributed by atoms with Gasteiger partial charge in [-0.05, 0) is 61.1 Å². The monoisotopic (exact) mass is 1500 g/mol. The van der Waals surface area contributed by atoms with Gasteiger partial charge < -0.3 is 9.11 Å². The van der Waals surface area contributed by atoms with Gasteiger partial charge in [0.05, 0.1) is 9.79 Å². The Morgan fingerprint density at radius 2 is 0.272 bits per heavy atom. The van der Waals surface area contributed by atoms with E-state index < -0.39 is 20.2 Å². The Morgan fingerprint density at radius 1 is 0.175 bits per heavy atom. The van der Waals surface area contributed by atoms with E-state index in [1.54, 1.807) is 24.3 Å². The molecule has 6 nitrogen and oxygen atoms in total. The molecule has 0 saturated carbocycles. The average molecular weight is 1500 g/mol. The number of rotatable bonds is 82. The fourth-order valence-corrected chi connectivity index (χ4v) is 16.5. The summed E-state index contributed by atoms with van der Waals surface area (Å²) < 4.78 is 66.1. The molecule has 0 saturated heterocycles. The van der Waals surface area contributed by atoms with Gasteiger partial charge in [-0.1, -0.05) is 526 Å². The molecule has 0 spiro atoms. The van der Waals surface area contributed by atoms with E-state index in [2.05, 4.69) is 13.8 Å². The molecule has 600 valence electrons. The second-order valence-electron chi connectivity index (χ2n) is 32.6. The molecule has 0 fully saturated rings. The number of hydrogen-bond donors (Lipinski definition) is 0. The molecule has 2 aromatic carbocycles. The Balaban J connectivity index is 0.00000200. The number of aryl methyl sites for hydroxylation is 2. The molecule has 2 rings (SSSR count). The largest absolute Gasteiger partial charge is 2.00 e. The maximum atomic E-state index is 11.0. The molecular weight excluding hydrogens is 1330 g/mol. The molecule has 0 radical (unpaired) electrons. The zero-order valence-corrected chi connectivity index (χ0v) is 73.0. The van der Waals surface area contributed by atoms with Crippen LogP contribution in [0.2, 0.25) is 0 Å². The van der Waals surface area contributed by atoms with Gasteiger partial charge in [-0.15, -0.1) is 0 Å². The van der Waals surface area contributed by atoms with Gasteiger partial charge in [0.25, 0.3) is 0 Å². The second kappa shape index (κ2) is 82.5. The molecule has 0 atom stereocenters. The number of hydrogen-bond acceptors (Lipinski definition) is 6. The summed E-state index contributed by atoms with van der Waals surface area (Å²) in [5.74, 6) is 0. The third kappa shape index (κ3) is 78.0. The summed E-state index contributed by atoms with van der Waals surface area (Å²) in [5, 5.41) is 0. The van der Waals surface area contributed by atoms with Gasteiger partial charge in [-0.2, -0.15) is 0 Å². The van der Waals surface area contributed by atoms with E-state index in [4.69, 9.17) is 0 Å². The van der Waals surface area contributed by atoms with Crippen molar-refractivity contribution in [2.45, 2.75) is 537 Å². The van der Waals surface area contributed by atoms with Crippen molar-refractivity contribution in [1.82, 2.24) is 0 Å². The van der Waals surface area contributed by atoms with Crippen molar-refractivity contribution in [3.8, 4) is 0 Å². The van der Waals surface area contributed by atoms with Crippen molar-refractivity contribution in [1.29, 1.82) is 0 Å². The minimum absolute atomic E-state index is 0. The summed E-state index contributed by atoms with van der Waals surface area (Å²) in [6, 6.07) is 12.8. The Morgan fingerprint density at radius 3 is 0.369 bits per heavy atom. The molecule has 0 aliphatic heterocycles. The van der Waals surface area contributed by atoms with E-state index in [9.17, 15) is 25.9 Å². The second-order valence-corrected chi connectivity index (χ2v) is 35.3. The predicted octanol–water partition coefficient (Wildman–Crippen LogP) is 32.4. The van der Waals surface area contributed by atoms with Gasteiger partial charge in [-0.3, -0.25) is 0 Å². The molecule has 0 aromatic heterocycles. The van der Waals surface area contributed by atoms with Crippen LogP contribution in [0.1, 0.15) is 526 Å². The third-order valence-electron chi connectivity index (χ3n) is 22.6. The van der Waals surface area contributed by atoms with Crippen molar-refractivity contribution in [2.24, 2.45) is 0 Å². The first kappa shape index (κ1) is 103. The van der Waals surface area contributed by atoms with Crippen LogP contribution in [0.5, 0.6) is 0 Å². The van der Waals surface area contributed by atoms with Crippen LogP contribution in [0.25, 0.3) is 0 Å². The van der Waals surface area contributed by atoms with Crippen LogP contribution in [0.3, 0.4) is 0 Å². The van der Waals surface area contributed by atoms with Crippen LogP contribution in [0, 0.1) is 0 Å². The maximum absolute atomic E-state index is 11.0. The van der Waals surface area contributed by atoms with Crippen molar-refractivity contribution in [3.05, 3.63) is 59.7 Å². The summed E-state index contributed by atoms with van der Waals surface area (Å²) in [4.78, 5) is -0.263. The molecule has 0 bridgehead atoms. The van der Waals surface area contributed by atoms with Gasteiger partial charge in [0.2, 0.25) is 0 Å². The van der Waals surface area contributed by atoms with E-state index in [1.165, 1.54) is 512 Å². The summed E-state index contributed by atoms with van der Waals surface area (Å²) in [6.45, 7) is 4.61. The Labute approximate surface area is 675 Å². The summed E-state index contributed by atoms with van der Waals surface area (Å²) in [7, 11) is -8.67. The zero-order valence-electron chi connectivity index (χ0n) is 69.2. The Hall–Kier alpha value is -0.480. The fraction of sp³-hybridized carbons (Fsp3) is 0.872. The molecule has 0 N–H and O–H groups in total. The summed E-state index contributed by atoms with van der Waals surface area (Å²) >= 11 is 0. The fourth-order valence-electron chi connectivity index (χ4n) is 15.5. The molecule has 103 heavy (non-hydrogen) atoms. The predicted molar refractivity (Wildman–Crippen MR) is 453 cm³/mol. The Bertz CT molecular complexity index is 2010. The molecule has 2 aromatic rings. The van der Waals surface area contributed by atoms with E-state index >= 15 is 0 Å². The van der Waals surface area contributed by atoms with Gasteiger partial charge in [0.15, 0.2) is 0 Å². The Kier molecular flexibility index (Phi) is 82.1. The molecule has 0 amide bonds. The van der Waals surface area contributed by atoms with Crippen LogP contribution < -0.4 is 0 Å². The minimum atomic E-state index is -4.33. The number of unbranched alkanes of at least 4 members (excludes halogenated alkanes) is 76. The normalized spacial score (nSPS) is 11.8. The quantitative estimate of drug-likeness (QED) is 0.0370. The van der Waals surface area contributed by atoms with Crippen LogP contribution in [0.4, 0.5) is 0 Å². The van der Waals surface area contributed by atoms with Crippen molar-refractivity contribution in [2.75, 3.05) is 0 Å². The molecule has 0 aliphatic rings. The molecule has 0 aliphatic carbocycles. The first-order valence-electron chi connectivity index (χ1n) is 46.2. The van der Waals surface area contributed by atoms with Crippen molar-refractivity contribution < 1.29 is 25.9 Å². The van der Waals surface area contributed by atoms with Gasteiger partial charge >= 0.3 is 37.7 Å². The topological polar surface area (TPSA) is 114 Å². The molecule has 0 unspecified atom stereocenters. The standard InChI is InChI=1S/2C47H88O3S.Ca/c2*1-2-3-4-5-6-7-8-9-10-11-12-13-14-15-16-17-18-19-20-21-22-23-24-25-26-27-28-29-30-31-32-33-34-35-36-37-38-39-40-41-46-42-44-47(45-43-46)51(48,49)50;/h2*42-45H,2-41H2,1H3,(H,48,49,50);/q;;+2/p-2. The average Bonchev–Trinajstić information content (AvgIpc) is 0.873. The molecule has 9 heteroatoms. The van der Waals surface area contributed by atoms with Crippen LogP contribution in [-0.2, 0) is 33.1 Å². The summed E-state index contributed by atoms with van der Waals surface area (Å²) in [5.41, 5.74) is 2.23. The molecule has 0 heterocycles. The van der Waals surface area contributed by atoms with Gasteiger partial charge in [0, 0.05) is 0 Å². The van der Waals surface area contributed by atoms with Gasteiger partial charge in [-0.25, -0.2) is 16.8 Å². The van der Waals surface area contributed by atoms with E-state index in [1.807, 2.05) is 0 Å². The van der Waals surface area contributed by atoms with E-state index in [0.717, 1.165) is 36.8 Å². The SMILES string of the molecule is CCCCCCCCCCCCCCCCCCCCCCCCCCCCCCCCCCCCCCCCCc1ccc(S(=O)(=O)[O-])cc1.CCCCCCCCCCCCCCCCCCCCCCCCCCCCCCCCCCCCCCCCCc1ccc(S(=O)(=O)[O-])cc1.[Ca+2]. The smallest absolute Gasteiger partial charge is 0.744 e. The van der Waals surface area contributed by atoms with E-state index in [-0.39, 0.29) is 47.5 Å². The first-order chi connectivity index (χ1) is 50.1. The first-order valence-corrected chi connectivity index (χ1v) is 49.0. The van der Waals surface area contributed by atoms with Gasteiger partial charge in [0.1, 0.15) is 20.2 Å². The van der Waals surface area contributed by atoms with Crippen LogP contribution >= 0.6 is 0 Å². The van der Waals surface area contributed by atoms with Crippen molar-refractivity contribution >= 4 is 58.0 Å². The van der Waals surface area contributed by atoms with Crippen LogP contribution in [-0.4, -0.2) is 63.7 Å². The maximum Gasteiger partial charge on any atom is 2.00 e. The third-order valence-corrected chi connectivity index (χ3v) is 24.3. The van der Waals surface area contributed by atoms with E-state index in [0.29, 0.717) is 0 Å². The summed E-state index contributed by atoms with van der Waals surface area (Å²) in [6.07, 6.45) is 114. The zero-order chi connectivity index (χ0) is 73.5. The number of benzene rings is 2. The minimum Gasteiger partial charge on any atom is -0.744 e. The van der Waals surface area contributed by atoms with Crippen molar-refractivity contribution in [3.63, 3.8) is 0 Å². The van der Waals surface area contributed by atoms with Crippen LogP contribution in [0.15, 0.2) is 58.3 Å².